The second-order valence-corrected chi connectivity index (χ2v) is 6.01. The minimum absolute atomic E-state index is 0.328. The van der Waals surface area contributed by atoms with E-state index in [-0.39, 0.29) is 12.5 Å². The number of nitrogens with zero attached hydrogens (tertiary/aromatic N) is 1. The highest BCUT2D eigenvalue weighted by Gasteiger charge is 2.11. The lowest BCUT2D eigenvalue weighted by Crippen LogP contribution is -2.32. The van der Waals surface area contributed by atoms with E-state index in [2.05, 4.69) is 10.3 Å². The second-order valence-electron chi connectivity index (χ2n) is 5.12. The van der Waals surface area contributed by atoms with Gasteiger partial charge in [0.05, 0.1) is 27.8 Å². The summed E-state index contributed by atoms with van der Waals surface area (Å²) < 4.78 is 11.4. The largest absolute Gasteiger partial charge is 0.492 e. The average molecular weight is 356 g/mol. The van der Waals surface area contributed by atoms with Crippen LogP contribution in [0.15, 0.2) is 54.0 Å². The summed E-state index contributed by atoms with van der Waals surface area (Å²) in [6, 6.07) is 14.4. The van der Waals surface area contributed by atoms with Crippen molar-refractivity contribution in [2.24, 2.45) is 0 Å². The molecule has 0 saturated heterocycles. The van der Waals surface area contributed by atoms with Gasteiger partial charge < -0.3 is 14.8 Å². The number of hydrogen-bond acceptors (Lipinski definition) is 6. The quantitative estimate of drug-likeness (QED) is 0.520. The van der Waals surface area contributed by atoms with Crippen LogP contribution < -0.4 is 10.1 Å². The van der Waals surface area contributed by atoms with Gasteiger partial charge in [0.25, 0.3) is 5.91 Å². The van der Waals surface area contributed by atoms with E-state index in [1.54, 1.807) is 23.7 Å². The Kier molecular flexibility index (Phi) is 5.58. The van der Waals surface area contributed by atoms with E-state index in [4.69, 9.17) is 9.47 Å². The number of thiazole rings is 1. The van der Waals surface area contributed by atoms with Crippen LogP contribution in [0.1, 0.15) is 10.4 Å². The van der Waals surface area contributed by atoms with Gasteiger partial charge in [0.1, 0.15) is 12.4 Å². The molecule has 0 radical (unpaired) electrons. The van der Waals surface area contributed by atoms with Gasteiger partial charge in [-0.1, -0.05) is 18.2 Å². The minimum atomic E-state index is -0.536. The summed E-state index contributed by atoms with van der Waals surface area (Å²) >= 11 is 1.44. The van der Waals surface area contributed by atoms with Gasteiger partial charge in [0.2, 0.25) is 0 Å². The first-order valence-corrected chi connectivity index (χ1v) is 8.55. The molecule has 0 saturated carbocycles. The van der Waals surface area contributed by atoms with Gasteiger partial charge in [-0.2, -0.15) is 0 Å². The molecule has 0 atom stereocenters. The van der Waals surface area contributed by atoms with Crippen molar-refractivity contribution in [3.63, 3.8) is 0 Å². The Labute approximate surface area is 148 Å². The van der Waals surface area contributed by atoms with Crippen molar-refractivity contribution in [1.29, 1.82) is 0 Å². The molecule has 1 N–H and O–H groups in total. The Morgan fingerprint density at radius 2 is 1.96 bits per heavy atom. The van der Waals surface area contributed by atoms with Crippen molar-refractivity contribution in [2.45, 2.75) is 0 Å². The molecule has 0 bridgehead atoms. The highest BCUT2D eigenvalue weighted by Crippen LogP contribution is 2.19. The molecular weight excluding hydrogens is 340 g/mol. The van der Waals surface area contributed by atoms with E-state index in [1.165, 1.54) is 11.3 Å². The first-order valence-electron chi connectivity index (χ1n) is 7.67. The Hall–Kier alpha value is -2.93. The fourth-order valence-corrected chi connectivity index (χ4v) is 2.84. The number of aromatic nitrogens is 1. The molecular formula is C18H16N2O4S. The lowest BCUT2D eigenvalue weighted by atomic mass is 10.2. The Morgan fingerprint density at radius 3 is 2.80 bits per heavy atom. The van der Waals surface area contributed by atoms with Crippen LogP contribution in [0.2, 0.25) is 0 Å². The number of amides is 1. The monoisotopic (exact) mass is 356 g/mol. The molecule has 0 unspecified atom stereocenters. The van der Waals surface area contributed by atoms with Crippen LogP contribution in [0.5, 0.6) is 5.75 Å². The highest BCUT2D eigenvalue weighted by molar-refractivity contribution is 7.16. The molecule has 1 heterocycles. The number of carbonyl (C=O) groups excluding carboxylic acids is 2. The van der Waals surface area contributed by atoms with Gasteiger partial charge in [0, 0.05) is 0 Å². The van der Waals surface area contributed by atoms with Gasteiger partial charge in [-0.3, -0.25) is 4.79 Å². The molecule has 6 nitrogen and oxygen atoms in total. The van der Waals surface area contributed by atoms with Gasteiger partial charge in [-0.25, -0.2) is 9.78 Å². The minimum Gasteiger partial charge on any atom is -0.492 e. The SMILES string of the molecule is O=C(COC(=O)c1ccc2ncsc2c1)NCCOc1ccccc1. The third kappa shape index (κ3) is 4.77. The van der Waals surface area contributed by atoms with E-state index in [9.17, 15) is 9.59 Å². The predicted molar refractivity (Wildman–Crippen MR) is 94.8 cm³/mol. The molecule has 0 fully saturated rings. The van der Waals surface area contributed by atoms with Gasteiger partial charge >= 0.3 is 5.97 Å². The van der Waals surface area contributed by atoms with Crippen molar-refractivity contribution >= 4 is 33.4 Å². The zero-order valence-electron chi connectivity index (χ0n) is 13.3. The smallest absolute Gasteiger partial charge is 0.338 e. The van der Waals surface area contributed by atoms with Gasteiger partial charge in [0.15, 0.2) is 6.61 Å². The van der Waals surface area contributed by atoms with Crippen molar-refractivity contribution in [3.8, 4) is 5.75 Å². The third-order valence-electron chi connectivity index (χ3n) is 3.34. The van der Waals surface area contributed by atoms with E-state index >= 15 is 0 Å². The van der Waals surface area contributed by atoms with E-state index in [0.717, 1.165) is 16.0 Å². The molecule has 1 aromatic heterocycles. The van der Waals surface area contributed by atoms with Crippen LogP contribution in [-0.4, -0.2) is 36.6 Å². The normalized spacial score (nSPS) is 10.4. The molecule has 128 valence electrons. The highest BCUT2D eigenvalue weighted by atomic mass is 32.1. The standard InChI is InChI=1S/C18H16N2O4S/c21-17(19-8-9-23-14-4-2-1-3-5-14)11-24-18(22)13-6-7-15-16(10-13)25-12-20-15/h1-7,10,12H,8-9,11H2,(H,19,21). The van der Waals surface area contributed by atoms with Gasteiger partial charge in [-0.05, 0) is 30.3 Å². The molecule has 2 aromatic carbocycles. The number of ether oxygens (including phenoxy) is 2. The number of carbonyl (C=O) groups is 2. The van der Waals surface area contributed by atoms with Gasteiger partial charge in [-0.15, -0.1) is 11.3 Å². The fourth-order valence-electron chi connectivity index (χ4n) is 2.12. The molecule has 0 aliphatic heterocycles. The third-order valence-corrected chi connectivity index (χ3v) is 4.13. The van der Waals surface area contributed by atoms with Crippen molar-refractivity contribution in [3.05, 3.63) is 59.6 Å². The maximum atomic E-state index is 12.0. The summed E-state index contributed by atoms with van der Waals surface area (Å²) in [7, 11) is 0. The van der Waals surface area contributed by atoms with E-state index in [1.807, 2.05) is 30.3 Å². The average Bonchev–Trinajstić information content (AvgIpc) is 3.12. The maximum absolute atomic E-state index is 12.0. The number of hydrogen-bond donors (Lipinski definition) is 1. The molecule has 3 aromatic rings. The number of benzene rings is 2. The van der Waals surface area contributed by atoms with Crippen molar-refractivity contribution in [1.82, 2.24) is 10.3 Å². The maximum Gasteiger partial charge on any atom is 0.338 e. The zero-order valence-corrected chi connectivity index (χ0v) is 14.1. The van der Waals surface area contributed by atoms with E-state index in [0.29, 0.717) is 18.7 Å². The molecule has 3 rings (SSSR count). The van der Waals surface area contributed by atoms with Crippen molar-refractivity contribution in [2.75, 3.05) is 19.8 Å². The molecule has 0 aliphatic rings. The van der Waals surface area contributed by atoms with Crippen LogP contribution in [-0.2, 0) is 9.53 Å². The Bertz CT molecular complexity index is 864. The predicted octanol–water partition coefficient (Wildman–Crippen LogP) is 2.65. The number of para-hydroxylation sites is 1. The molecule has 0 spiro atoms. The van der Waals surface area contributed by atoms with Crippen LogP contribution in [0, 0.1) is 0 Å². The first kappa shape index (κ1) is 16.9. The summed E-state index contributed by atoms with van der Waals surface area (Å²) in [5, 5.41) is 2.64. The zero-order chi connectivity index (χ0) is 17.5. The number of nitrogens with one attached hydrogen (secondary N) is 1. The molecule has 1 amide bonds. The second kappa shape index (κ2) is 8.25. The van der Waals surface area contributed by atoms with Crippen molar-refractivity contribution < 1.29 is 19.1 Å². The number of esters is 1. The summed E-state index contributed by atoms with van der Waals surface area (Å²) in [4.78, 5) is 27.8. The molecule has 7 heteroatoms. The number of fused-ring (bicyclic) bond motifs is 1. The Balaban J connectivity index is 1.38. The fraction of sp³-hybridized carbons (Fsp3) is 0.167. The first-order chi connectivity index (χ1) is 12.2. The Morgan fingerprint density at radius 1 is 1.12 bits per heavy atom. The van der Waals surface area contributed by atoms with Crippen LogP contribution in [0.25, 0.3) is 10.2 Å². The summed E-state index contributed by atoms with van der Waals surface area (Å²) in [6.45, 7) is 0.342. The topological polar surface area (TPSA) is 77.5 Å². The lowest BCUT2D eigenvalue weighted by molar-refractivity contribution is -0.124. The van der Waals surface area contributed by atoms with Crippen LogP contribution in [0.4, 0.5) is 0 Å². The summed E-state index contributed by atoms with van der Waals surface area (Å²) in [5.41, 5.74) is 2.94. The summed E-state index contributed by atoms with van der Waals surface area (Å²) in [5.74, 6) is -0.170. The summed E-state index contributed by atoms with van der Waals surface area (Å²) in [6.07, 6.45) is 0. The van der Waals surface area contributed by atoms with E-state index < -0.39 is 5.97 Å². The molecule has 0 aliphatic carbocycles. The lowest BCUT2D eigenvalue weighted by Gasteiger charge is -2.08. The molecule has 25 heavy (non-hydrogen) atoms. The number of rotatable bonds is 7. The van der Waals surface area contributed by atoms with Crippen LogP contribution in [0.3, 0.4) is 0 Å². The van der Waals surface area contributed by atoms with Crippen LogP contribution >= 0.6 is 11.3 Å².